The van der Waals surface area contributed by atoms with Crippen LogP contribution in [0.4, 0.5) is 0 Å². The van der Waals surface area contributed by atoms with E-state index in [9.17, 15) is 9.90 Å². The second kappa shape index (κ2) is 3.89. The van der Waals surface area contributed by atoms with Crippen molar-refractivity contribution in [2.45, 2.75) is 4.90 Å². The maximum Gasteiger partial charge on any atom is 0.341 e. The summed E-state index contributed by atoms with van der Waals surface area (Å²) in [5.74, 6) is -1.49. The lowest BCUT2D eigenvalue weighted by Gasteiger charge is -2.05. The number of aromatic carboxylic acids is 1. The fourth-order valence-electron chi connectivity index (χ4n) is 0.916. The molecule has 0 atom stereocenters. The molecule has 0 saturated carbocycles. The van der Waals surface area contributed by atoms with Gasteiger partial charge in [0.05, 0.1) is 5.02 Å². The predicted molar refractivity (Wildman–Crippen MR) is 51.9 cm³/mol. The molecule has 0 spiro atoms. The number of benzene rings is 1. The van der Waals surface area contributed by atoms with E-state index in [1.165, 1.54) is 17.8 Å². The molecule has 0 saturated heterocycles. The second-order valence-electron chi connectivity index (χ2n) is 2.28. The van der Waals surface area contributed by atoms with Crippen LogP contribution < -0.4 is 0 Å². The van der Waals surface area contributed by atoms with Gasteiger partial charge in [0.15, 0.2) is 0 Å². The highest BCUT2D eigenvalue weighted by molar-refractivity contribution is 7.98. The van der Waals surface area contributed by atoms with Gasteiger partial charge in [-0.05, 0) is 18.4 Å². The molecule has 2 N–H and O–H groups in total. The summed E-state index contributed by atoms with van der Waals surface area (Å²) < 4.78 is 0. The van der Waals surface area contributed by atoms with Crippen LogP contribution in [0.25, 0.3) is 0 Å². The summed E-state index contributed by atoms with van der Waals surface area (Å²) in [4.78, 5) is 11.2. The summed E-state index contributed by atoms with van der Waals surface area (Å²) in [7, 11) is 0. The summed E-state index contributed by atoms with van der Waals surface area (Å²) >= 11 is 6.87. The van der Waals surface area contributed by atoms with Gasteiger partial charge in [0.2, 0.25) is 0 Å². The number of phenols is 1. The lowest BCUT2D eigenvalue weighted by Crippen LogP contribution is -1.98. The second-order valence-corrected chi connectivity index (χ2v) is 3.53. The molecule has 5 heteroatoms. The average molecular weight is 219 g/mol. The Bertz CT molecular complexity index is 351. The minimum Gasteiger partial charge on any atom is -0.506 e. The predicted octanol–water partition coefficient (Wildman–Crippen LogP) is 2.47. The van der Waals surface area contributed by atoms with Gasteiger partial charge in [0, 0.05) is 4.90 Å². The number of carboxylic acids is 1. The Morgan fingerprint density at radius 1 is 1.54 bits per heavy atom. The van der Waals surface area contributed by atoms with Crippen molar-refractivity contribution in [3.05, 3.63) is 22.7 Å². The highest BCUT2D eigenvalue weighted by Gasteiger charge is 2.16. The number of carboxylic acid groups (broad SMARTS) is 1. The fourth-order valence-corrected chi connectivity index (χ4v) is 1.65. The van der Waals surface area contributed by atoms with Crippen molar-refractivity contribution in [3.63, 3.8) is 0 Å². The molecule has 0 unspecified atom stereocenters. The molecule has 0 amide bonds. The van der Waals surface area contributed by atoms with Crippen LogP contribution >= 0.6 is 23.4 Å². The van der Waals surface area contributed by atoms with Crippen LogP contribution in [0.15, 0.2) is 17.0 Å². The van der Waals surface area contributed by atoms with Gasteiger partial charge >= 0.3 is 5.97 Å². The number of carbonyl (C=O) groups is 1. The Balaban J connectivity index is 3.38. The van der Waals surface area contributed by atoms with Gasteiger partial charge < -0.3 is 10.2 Å². The molecule has 0 radical (unpaired) electrons. The van der Waals surface area contributed by atoms with E-state index >= 15 is 0 Å². The summed E-state index contributed by atoms with van der Waals surface area (Å²) in [6, 6.07) is 3.03. The standard InChI is InChI=1S/C8H7ClO3S/c1-13-5-3-2-4(9)6(7(5)10)8(11)12/h2-3,10H,1H3,(H,11,12). The van der Waals surface area contributed by atoms with Gasteiger partial charge in [0.25, 0.3) is 0 Å². The fraction of sp³-hybridized carbons (Fsp3) is 0.125. The average Bonchev–Trinajstić information content (AvgIpc) is 2.04. The molecule has 70 valence electrons. The third-order valence-corrected chi connectivity index (χ3v) is 2.61. The quantitative estimate of drug-likeness (QED) is 0.749. The van der Waals surface area contributed by atoms with Crippen LogP contribution in [0.3, 0.4) is 0 Å². The number of thioether (sulfide) groups is 1. The van der Waals surface area contributed by atoms with E-state index < -0.39 is 5.97 Å². The molecule has 0 aliphatic rings. The number of rotatable bonds is 2. The molecule has 1 rings (SSSR count). The van der Waals surface area contributed by atoms with Gasteiger partial charge in [-0.2, -0.15) is 0 Å². The molecule has 13 heavy (non-hydrogen) atoms. The van der Waals surface area contributed by atoms with Crippen LogP contribution in [0.5, 0.6) is 5.75 Å². The lowest BCUT2D eigenvalue weighted by molar-refractivity contribution is 0.0693. The maximum atomic E-state index is 10.7. The number of hydrogen-bond acceptors (Lipinski definition) is 3. The highest BCUT2D eigenvalue weighted by Crippen LogP contribution is 2.34. The largest absolute Gasteiger partial charge is 0.506 e. The smallest absolute Gasteiger partial charge is 0.341 e. The van der Waals surface area contributed by atoms with Crippen molar-refractivity contribution < 1.29 is 15.0 Å². The first-order valence-corrected chi connectivity index (χ1v) is 4.97. The first kappa shape index (κ1) is 10.2. The minimum atomic E-state index is -1.22. The topological polar surface area (TPSA) is 57.5 Å². The minimum absolute atomic E-state index is 0.0443. The normalized spacial score (nSPS) is 10.0. The Kier molecular flexibility index (Phi) is 3.06. The van der Waals surface area contributed by atoms with Gasteiger partial charge in [-0.15, -0.1) is 11.8 Å². The van der Waals surface area contributed by atoms with E-state index in [1.807, 2.05) is 0 Å². The molecule has 0 bridgehead atoms. The molecule has 0 fully saturated rings. The maximum absolute atomic E-state index is 10.7. The lowest BCUT2D eigenvalue weighted by atomic mass is 10.2. The molecule has 0 aromatic heterocycles. The van der Waals surface area contributed by atoms with Crippen LogP contribution in [-0.2, 0) is 0 Å². The van der Waals surface area contributed by atoms with E-state index in [2.05, 4.69) is 0 Å². The number of aromatic hydroxyl groups is 1. The van der Waals surface area contributed by atoms with Crippen LogP contribution in [-0.4, -0.2) is 22.4 Å². The van der Waals surface area contributed by atoms with E-state index in [0.29, 0.717) is 4.90 Å². The molecule has 1 aromatic carbocycles. The van der Waals surface area contributed by atoms with E-state index in [1.54, 1.807) is 12.3 Å². The Morgan fingerprint density at radius 3 is 2.62 bits per heavy atom. The SMILES string of the molecule is CSc1ccc(Cl)c(C(=O)O)c1O. The first-order valence-electron chi connectivity index (χ1n) is 3.36. The van der Waals surface area contributed by atoms with Gasteiger partial charge in [0.1, 0.15) is 11.3 Å². The van der Waals surface area contributed by atoms with Crippen molar-refractivity contribution in [2.24, 2.45) is 0 Å². The molecule has 3 nitrogen and oxygen atoms in total. The highest BCUT2D eigenvalue weighted by atomic mass is 35.5. The monoisotopic (exact) mass is 218 g/mol. The summed E-state index contributed by atoms with van der Waals surface area (Å²) in [5, 5.41) is 18.2. The first-order chi connectivity index (χ1) is 6.07. The van der Waals surface area contributed by atoms with Crippen molar-refractivity contribution in [2.75, 3.05) is 6.26 Å². The zero-order valence-electron chi connectivity index (χ0n) is 6.74. The zero-order valence-corrected chi connectivity index (χ0v) is 8.32. The molecule has 1 aromatic rings. The van der Waals surface area contributed by atoms with E-state index in [0.717, 1.165) is 0 Å². The van der Waals surface area contributed by atoms with Gasteiger partial charge in [-0.3, -0.25) is 0 Å². The van der Waals surface area contributed by atoms with Crippen LogP contribution in [0.1, 0.15) is 10.4 Å². The van der Waals surface area contributed by atoms with E-state index in [-0.39, 0.29) is 16.3 Å². The van der Waals surface area contributed by atoms with Crippen LogP contribution in [0, 0.1) is 0 Å². The molecular formula is C8H7ClO3S. The Labute approximate surface area is 84.3 Å². The van der Waals surface area contributed by atoms with Crippen LogP contribution in [0.2, 0.25) is 5.02 Å². The zero-order chi connectivity index (χ0) is 10.0. The van der Waals surface area contributed by atoms with Gasteiger partial charge in [-0.1, -0.05) is 11.6 Å². The Morgan fingerprint density at radius 2 is 2.15 bits per heavy atom. The van der Waals surface area contributed by atoms with Crippen molar-refractivity contribution in [3.8, 4) is 5.75 Å². The molecular weight excluding hydrogens is 212 g/mol. The number of hydrogen-bond donors (Lipinski definition) is 2. The van der Waals surface area contributed by atoms with Crippen molar-refractivity contribution in [1.29, 1.82) is 0 Å². The van der Waals surface area contributed by atoms with Crippen molar-refractivity contribution in [1.82, 2.24) is 0 Å². The van der Waals surface area contributed by atoms with Crippen molar-refractivity contribution >= 4 is 29.3 Å². The Hall–Kier alpha value is -0.870. The number of halogens is 1. The summed E-state index contributed by atoms with van der Waals surface area (Å²) in [6.07, 6.45) is 1.74. The molecule has 0 heterocycles. The third kappa shape index (κ3) is 1.89. The van der Waals surface area contributed by atoms with Gasteiger partial charge in [-0.25, -0.2) is 4.79 Å². The summed E-state index contributed by atoms with van der Waals surface area (Å²) in [6.45, 7) is 0. The molecule has 0 aliphatic carbocycles. The third-order valence-electron chi connectivity index (χ3n) is 1.52. The molecule has 0 aliphatic heterocycles. The summed E-state index contributed by atoms with van der Waals surface area (Å²) in [5.41, 5.74) is -0.242. The van der Waals surface area contributed by atoms with E-state index in [4.69, 9.17) is 16.7 Å².